The van der Waals surface area contributed by atoms with Crippen LogP contribution in [0.5, 0.6) is 11.5 Å². The van der Waals surface area contributed by atoms with Crippen molar-refractivity contribution in [1.29, 1.82) is 0 Å². The number of rotatable bonds is 7. The van der Waals surface area contributed by atoms with Gasteiger partial charge in [-0.05, 0) is 24.8 Å². The van der Waals surface area contributed by atoms with E-state index in [1.165, 1.54) is 23.1 Å². The molecule has 0 radical (unpaired) electrons. The highest BCUT2D eigenvalue weighted by molar-refractivity contribution is 8.00. The molecule has 22 heavy (non-hydrogen) atoms. The second-order valence-electron chi connectivity index (χ2n) is 4.23. The largest absolute Gasteiger partial charge is 0.493 e. The van der Waals surface area contributed by atoms with Gasteiger partial charge >= 0.3 is 0 Å². The zero-order valence-corrected chi connectivity index (χ0v) is 14.2. The van der Waals surface area contributed by atoms with Gasteiger partial charge in [0.15, 0.2) is 21.9 Å². The van der Waals surface area contributed by atoms with E-state index < -0.39 is 6.10 Å². The first-order valence-electron chi connectivity index (χ1n) is 6.66. The van der Waals surface area contributed by atoms with Gasteiger partial charge in [-0.2, -0.15) is 0 Å². The van der Waals surface area contributed by atoms with Crippen molar-refractivity contribution in [1.82, 2.24) is 10.2 Å². The molecule has 0 fully saturated rings. The fourth-order valence-corrected chi connectivity index (χ4v) is 2.89. The minimum atomic E-state index is -0.627. The van der Waals surface area contributed by atoms with Crippen LogP contribution in [0, 0.1) is 0 Å². The number of para-hydroxylation sites is 2. The molecule has 118 valence electrons. The van der Waals surface area contributed by atoms with E-state index in [1.54, 1.807) is 19.2 Å². The molecule has 0 aliphatic carbocycles. The Morgan fingerprint density at radius 1 is 1.36 bits per heavy atom. The summed E-state index contributed by atoms with van der Waals surface area (Å²) in [7, 11) is 1.56. The van der Waals surface area contributed by atoms with E-state index in [0.29, 0.717) is 23.1 Å². The maximum absolute atomic E-state index is 12.3. The number of carbonyl (C=O) groups is 1. The first kappa shape index (κ1) is 16.6. The van der Waals surface area contributed by atoms with Crippen LogP contribution in [-0.2, 0) is 4.79 Å². The number of amides is 1. The van der Waals surface area contributed by atoms with E-state index in [0.717, 1.165) is 4.34 Å². The van der Waals surface area contributed by atoms with Gasteiger partial charge in [0.05, 0.1) is 7.11 Å². The Morgan fingerprint density at radius 3 is 2.68 bits per heavy atom. The van der Waals surface area contributed by atoms with Crippen molar-refractivity contribution in [3.8, 4) is 11.5 Å². The van der Waals surface area contributed by atoms with Crippen LogP contribution in [0.1, 0.15) is 13.3 Å². The summed E-state index contributed by atoms with van der Waals surface area (Å²) >= 11 is 2.82. The molecule has 6 nitrogen and oxygen atoms in total. The molecule has 2 rings (SSSR count). The van der Waals surface area contributed by atoms with Gasteiger partial charge in [-0.1, -0.05) is 42.2 Å². The molecule has 1 aromatic heterocycles. The van der Waals surface area contributed by atoms with Gasteiger partial charge in [0.2, 0.25) is 5.13 Å². The fraction of sp³-hybridized carbons (Fsp3) is 0.357. The van der Waals surface area contributed by atoms with E-state index in [1.807, 2.05) is 25.3 Å². The second-order valence-corrected chi connectivity index (χ2v) is 6.26. The number of hydrogen-bond donors (Lipinski definition) is 1. The number of thioether (sulfide) groups is 1. The molecule has 1 unspecified atom stereocenters. The van der Waals surface area contributed by atoms with E-state index in [-0.39, 0.29) is 5.91 Å². The van der Waals surface area contributed by atoms with Crippen LogP contribution in [0.2, 0.25) is 0 Å². The van der Waals surface area contributed by atoms with Crippen molar-refractivity contribution in [2.24, 2.45) is 0 Å². The van der Waals surface area contributed by atoms with Crippen molar-refractivity contribution in [3.63, 3.8) is 0 Å². The zero-order chi connectivity index (χ0) is 15.9. The van der Waals surface area contributed by atoms with Crippen molar-refractivity contribution in [3.05, 3.63) is 24.3 Å². The summed E-state index contributed by atoms with van der Waals surface area (Å²) in [5.74, 6) is 0.876. The van der Waals surface area contributed by atoms with Crippen molar-refractivity contribution < 1.29 is 14.3 Å². The summed E-state index contributed by atoms with van der Waals surface area (Å²) in [4.78, 5) is 12.3. The summed E-state index contributed by atoms with van der Waals surface area (Å²) in [6.45, 7) is 1.88. The van der Waals surface area contributed by atoms with Crippen LogP contribution >= 0.6 is 23.1 Å². The Morgan fingerprint density at radius 2 is 2.09 bits per heavy atom. The third kappa shape index (κ3) is 4.11. The van der Waals surface area contributed by atoms with Crippen LogP contribution in [0.25, 0.3) is 0 Å². The average molecular weight is 339 g/mol. The fourth-order valence-electron chi connectivity index (χ4n) is 1.72. The smallest absolute Gasteiger partial charge is 0.267 e. The van der Waals surface area contributed by atoms with Gasteiger partial charge < -0.3 is 9.47 Å². The molecule has 8 heteroatoms. The van der Waals surface area contributed by atoms with Crippen molar-refractivity contribution in [2.75, 3.05) is 18.7 Å². The molecule has 0 saturated heterocycles. The lowest BCUT2D eigenvalue weighted by Crippen LogP contribution is -2.32. The molecule has 1 aromatic carbocycles. The molecule has 0 saturated carbocycles. The summed E-state index contributed by atoms with van der Waals surface area (Å²) in [5.41, 5.74) is 0. The molecule has 1 N–H and O–H groups in total. The topological polar surface area (TPSA) is 73.3 Å². The average Bonchev–Trinajstić information content (AvgIpc) is 3.00. The number of anilines is 1. The molecule has 0 aliphatic heterocycles. The molecular weight excluding hydrogens is 322 g/mol. The quantitative estimate of drug-likeness (QED) is 0.617. The predicted molar refractivity (Wildman–Crippen MR) is 88.0 cm³/mol. The number of methoxy groups -OCH3 is 1. The lowest BCUT2D eigenvalue weighted by Gasteiger charge is -2.17. The Bertz CT molecular complexity index is 633. The molecule has 1 amide bonds. The molecule has 0 aliphatic rings. The van der Waals surface area contributed by atoms with E-state index in [2.05, 4.69) is 15.5 Å². The maximum Gasteiger partial charge on any atom is 0.267 e. The molecule has 0 spiro atoms. The highest BCUT2D eigenvalue weighted by Gasteiger charge is 2.21. The van der Waals surface area contributed by atoms with Gasteiger partial charge in [0, 0.05) is 0 Å². The lowest BCUT2D eigenvalue weighted by molar-refractivity contribution is -0.122. The van der Waals surface area contributed by atoms with E-state index in [4.69, 9.17) is 9.47 Å². The van der Waals surface area contributed by atoms with Crippen LogP contribution < -0.4 is 14.8 Å². The normalized spacial score (nSPS) is 11.8. The highest BCUT2D eigenvalue weighted by Crippen LogP contribution is 2.28. The van der Waals surface area contributed by atoms with Crippen molar-refractivity contribution >= 4 is 34.1 Å². The van der Waals surface area contributed by atoms with Crippen LogP contribution in [0.3, 0.4) is 0 Å². The Kier molecular flexibility index (Phi) is 6.02. The van der Waals surface area contributed by atoms with Gasteiger partial charge in [-0.15, -0.1) is 10.2 Å². The molecule has 1 heterocycles. The molecule has 0 bridgehead atoms. The zero-order valence-electron chi connectivity index (χ0n) is 12.5. The summed E-state index contributed by atoms with van der Waals surface area (Å²) < 4.78 is 11.8. The van der Waals surface area contributed by atoms with E-state index in [9.17, 15) is 4.79 Å². The third-order valence-corrected chi connectivity index (χ3v) is 4.63. The Hall–Kier alpha value is -1.80. The molecule has 1 atom stereocenters. The Labute approximate surface area is 137 Å². The minimum absolute atomic E-state index is 0.253. The Balaban J connectivity index is 2.05. The van der Waals surface area contributed by atoms with Crippen LogP contribution in [0.4, 0.5) is 5.13 Å². The van der Waals surface area contributed by atoms with Gasteiger partial charge in [-0.25, -0.2) is 0 Å². The number of carbonyl (C=O) groups excluding carboxylic acids is 1. The number of nitrogens with one attached hydrogen (secondary N) is 1. The predicted octanol–water partition coefficient (Wildman–Crippen LogP) is 3.06. The first-order chi connectivity index (χ1) is 10.7. The highest BCUT2D eigenvalue weighted by atomic mass is 32.2. The van der Waals surface area contributed by atoms with Crippen molar-refractivity contribution in [2.45, 2.75) is 23.8 Å². The van der Waals surface area contributed by atoms with Crippen LogP contribution in [0.15, 0.2) is 28.6 Å². The lowest BCUT2D eigenvalue weighted by atomic mass is 10.2. The number of hydrogen-bond acceptors (Lipinski definition) is 7. The van der Waals surface area contributed by atoms with Crippen LogP contribution in [-0.4, -0.2) is 35.6 Å². The maximum atomic E-state index is 12.3. The number of aromatic nitrogens is 2. The number of benzene rings is 1. The monoisotopic (exact) mass is 339 g/mol. The van der Waals surface area contributed by atoms with E-state index >= 15 is 0 Å². The minimum Gasteiger partial charge on any atom is -0.493 e. The number of ether oxygens (including phenoxy) is 2. The van der Waals surface area contributed by atoms with Gasteiger partial charge in [0.25, 0.3) is 5.91 Å². The third-order valence-electron chi connectivity index (χ3n) is 2.81. The molecular formula is C14H17N3O3S2. The second kappa shape index (κ2) is 8.00. The van der Waals surface area contributed by atoms with Gasteiger partial charge in [-0.3, -0.25) is 10.1 Å². The standard InChI is InChI=1S/C14H17N3O3S2/c1-4-9(20-11-8-6-5-7-10(11)19-2)12(18)15-13-16-17-14(21-3)22-13/h5-9H,4H2,1-3H3,(H,15,16,18). The molecule has 2 aromatic rings. The van der Waals surface area contributed by atoms with Gasteiger partial charge in [0.1, 0.15) is 0 Å². The SMILES string of the molecule is CCC(Oc1ccccc1OC)C(=O)Nc1nnc(SC)s1. The summed E-state index contributed by atoms with van der Waals surface area (Å²) in [5, 5.41) is 11.1. The number of nitrogens with zero attached hydrogens (tertiary/aromatic N) is 2. The summed E-state index contributed by atoms with van der Waals surface area (Å²) in [6.07, 6.45) is 1.81. The first-order valence-corrected chi connectivity index (χ1v) is 8.70. The summed E-state index contributed by atoms with van der Waals surface area (Å²) in [6, 6.07) is 7.23.